The summed E-state index contributed by atoms with van der Waals surface area (Å²) in [5, 5.41) is 0. The molecule has 1 atom stereocenters. The van der Waals surface area contributed by atoms with Gasteiger partial charge in [0.15, 0.2) is 0 Å². The summed E-state index contributed by atoms with van der Waals surface area (Å²) in [4.78, 5) is 0. The van der Waals surface area contributed by atoms with E-state index in [4.69, 9.17) is 4.74 Å². The Morgan fingerprint density at radius 2 is 1.56 bits per heavy atom. The van der Waals surface area contributed by atoms with Crippen LogP contribution in [0.3, 0.4) is 0 Å². The number of para-hydroxylation sites is 1. The summed E-state index contributed by atoms with van der Waals surface area (Å²) in [5.74, 6) is 0.899. The van der Waals surface area contributed by atoms with E-state index in [-0.39, 0.29) is 6.10 Å². The molecule has 0 aliphatic carbocycles. The Balaban J connectivity index is 1.88. The molecule has 1 heteroatoms. The number of aryl methyl sites for hydroxylation is 1. The zero-order chi connectivity index (χ0) is 12.6. The molecule has 0 spiro atoms. The Labute approximate surface area is 109 Å². The molecule has 18 heavy (non-hydrogen) atoms. The van der Waals surface area contributed by atoms with Crippen LogP contribution in [0.4, 0.5) is 0 Å². The molecule has 0 aromatic heterocycles. The van der Waals surface area contributed by atoms with Crippen molar-refractivity contribution in [1.29, 1.82) is 0 Å². The highest BCUT2D eigenvalue weighted by Crippen LogP contribution is 2.14. The lowest BCUT2D eigenvalue weighted by atomic mass is 10.1. The van der Waals surface area contributed by atoms with E-state index in [2.05, 4.69) is 30.8 Å². The fraction of sp³-hybridized carbons (Fsp3) is 0.176. The lowest BCUT2D eigenvalue weighted by Gasteiger charge is -2.15. The van der Waals surface area contributed by atoms with Gasteiger partial charge in [-0.25, -0.2) is 0 Å². The van der Waals surface area contributed by atoms with Crippen LogP contribution in [0.25, 0.3) is 0 Å². The average molecular weight is 238 g/mol. The summed E-state index contributed by atoms with van der Waals surface area (Å²) in [7, 11) is 0. The van der Waals surface area contributed by atoms with Crippen molar-refractivity contribution in [2.45, 2.75) is 18.9 Å². The molecular weight excluding hydrogens is 220 g/mol. The molecule has 2 rings (SSSR count). The fourth-order valence-electron chi connectivity index (χ4n) is 1.85. The largest absolute Gasteiger partial charge is 0.486 e. The Morgan fingerprint density at radius 1 is 0.944 bits per heavy atom. The molecule has 2 aromatic carbocycles. The highest BCUT2D eigenvalue weighted by molar-refractivity contribution is 5.22. The van der Waals surface area contributed by atoms with E-state index in [0.717, 1.165) is 18.6 Å². The van der Waals surface area contributed by atoms with Crippen LogP contribution in [-0.4, -0.2) is 6.10 Å². The van der Waals surface area contributed by atoms with Gasteiger partial charge < -0.3 is 4.74 Å². The first-order valence-corrected chi connectivity index (χ1v) is 6.26. The minimum absolute atomic E-state index is 0.0626. The summed E-state index contributed by atoms with van der Waals surface area (Å²) >= 11 is 0. The fourth-order valence-corrected chi connectivity index (χ4v) is 1.85. The zero-order valence-electron chi connectivity index (χ0n) is 10.5. The topological polar surface area (TPSA) is 9.23 Å². The summed E-state index contributed by atoms with van der Waals surface area (Å²) in [6, 6.07) is 20.3. The standard InChI is InChI=1S/C17H18O/c1-2-16(18-17-11-7-4-8-12-17)14-13-15-9-5-3-6-10-15/h2-12,16H,1,13-14H2/t16-/m0/s1. The summed E-state index contributed by atoms with van der Waals surface area (Å²) in [6.07, 6.45) is 3.88. The van der Waals surface area contributed by atoms with Gasteiger partial charge in [-0.1, -0.05) is 61.2 Å². The maximum Gasteiger partial charge on any atom is 0.120 e. The summed E-state index contributed by atoms with van der Waals surface area (Å²) < 4.78 is 5.87. The molecule has 0 saturated carbocycles. The normalized spacial score (nSPS) is 11.8. The predicted molar refractivity (Wildman–Crippen MR) is 75.8 cm³/mol. The van der Waals surface area contributed by atoms with Gasteiger partial charge in [0.1, 0.15) is 11.9 Å². The van der Waals surface area contributed by atoms with E-state index < -0.39 is 0 Å². The highest BCUT2D eigenvalue weighted by Gasteiger charge is 2.06. The van der Waals surface area contributed by atoms with Gasteiger partial charge in [0.2, 0.25) is 0 Å². The van der Waals surface area contributed by atoms with Gasteiger partial charge in [0.25, 0.3) is 0 Å². The van der Waals surface area contributed by atoms with Crippen LogP contribution in [0.2, 0.25) is 0 Å². The molecule has 0 aliphatic rings. The van der Waals surface area contributed by atoms with E-state index in [9.17, 15) is 0 Å². The lowest BCUT2D eigenvalue weighted by molar-refractivity contribution is 0.239. The van der Waals surface area contributed by atoms with Crippen molar-refractivity contribution in [2.24, 2.45) is 0 Å². The van der Waals surface area contributed by atoms with Gasteiger partial charge in [0, 0.05) is 0 Å². The third kappa shape index (κ3) is 3.77. The van der Waals surface area contributed by atoms with Crippen LogP contribution >= 0.6 is 0 Å². The van der Waals surface area contributed by atoms with Crippen molar-refractivity contribution in [3.8, 4) is 5.75 Å². The number of rotatable bonds is 6. The summed E-state index contributed by atoms with van der Waals surface area (Å²) in [6.45, 7) is 3.84. The van der Waals surface area contributed by atoms with Gasteiger partial charge in [-0.05, 0) is 30.5 Å². The molecule has 0 fully saturated rings. The van der Waals surface area contributed by atoms with Gasteiger partial charge in [-0.15, -0.1) is 0 Å². The number of ether oxygens (including phenoxy) is 1. The average Bonchev–Trinajstić information content (AvgIpc) is 2.45. The van der Waals surface area contributed by atoms with Crippen LogP contribution in [0, 0.1) is 0 Å². The third-order valence-corrected chi connectivity index (χ3v) is 2.85. The Hall–Kier alpha value is -2.02. The van der Waals surface area contributed by atoms with Crippen LogP contribution in [0.5, 0.6) is 5.75 Å². The number of benzene rings is 2. The third-order valence-electron chi connectivity index (χ3n) is 2.85. The Morgan fingerprint density at radius 3 is 2.17 bits per heavy atom. The maximum absolute atomic E-state index is 5.87. The SMILES string of the molecule is C=C[C@@H](CCc1ccccc1)Oc1ccccc1. The first-order chi connectivity index (χ1) is 8.88. The molecule has 0 unspecified atom stereocenters. The van der Waals surface area contributed by atoms with Crippen molar-refractivity contribution in [1.82, 2.24) is 0 Å². The molecule has 0 N–H and O–H groups in total. The first-order valence-electron chi connectivity index (χ1n) is 6.26. The van der Waals surface area contributed by atoms with Crippen LogP contribution < -0.4 is 4.74 Å². The molecule has 0 aliphatic heterocycles. The number of hydrogen-bond acceptors (Lipinski definition) is 1. The van der Waals surface area contributed by atoms with Crippen molar-refractivity contribution in [3.63, 3.8) is 0 Å². The van der Waals surface area contributed by atoms with Gasteiger partial charge in [-0.2, -0.15) is 0 Å². The molecule has 1 nitrogen and oxygen atoms in total. The molecule has 2 aromatic rings. The second-order valence-electron chi connectivity index (χ2n) is 4.23. The molecule has 0 saturated heterocycles. The Bertz CT molecular complexity index is 461. The minimum atomic E-state index is 0.0626. The van der Waals surface area contributed by atoms with Gasteiger partial charge >= 0.3 is 0 Å². The van der Waals surface area contributed by atoms with E-state index in [1.165, 1.54) is 5.56 Å². The maximum atomic E-state index is 5.87. The summed E-state index contributed by atoms with van der Waals surface area (Å²) in [5.41, 5.74) is 1.33. The molecule has 0 amide bonds. The molecule has 0 bridgehead atoms. The van der Waals surface area contributed by atoms with Crippen LogP contribution in [0.15, 0.2) is 73.3 Å². The second-order valence-corrected chi connectivity index (χ2v) is 4.23. The van der Waals surface area contributed by atoms with Crippen molar-refractivity contribution < 1.29 is 4.74 Å². The van der Waals surface area contributed by atoms with Crippen LogP contribution in [-0.2, 0) is 6.42 Å². The zero-order valence-corrected chi connectivity index (χ0v) is 10.5. The molecule has 0 heterocycles. The van der Waals surface area contributed by atoms with E-state index in [0.29, 0.717) is 0 Å². The van der Waals surface area contributed by atoms with E-state index >= 15 is 0 Å². The first kappa shape index (κ1) is 12.4. The molecular formula is C17H18O. The van der Waals surface area contributed by atoms with E-state index in [1.54, 1.807) is 0 Å². The second kappa shape index (κ2) is 6.65. The van der Waals surface area contributed by atoms with Gasteiger partial charge in [0.05, 0.1) is 0 Å². The van der Waals surface area contributed by atoms with Crippen LogP contribution in [0.1, 0.15) is 12.0 Å². The minimum Gasteiger partial charge on any atom is -0.486 e. The van der Waals surface area contributed by atoms with Gasteiger partial charge in [-0.3, -0.25) is 0 Å². The lowest BCUT2D eigenvalue weighted by Crippen LogP contribution is -2.14. The monoisotopic (exact) mass is 238 g/mol. The van der Waals surface area contributed by atoms with Crippen molar-refractivity contribution in [2.75, 3.05) is 0 Å². The quantitative estimate of drug-likeness (QED) is 0.683. The van der Waals surface area contributed by atoms with Crippen molar-refractivity contribution >= 4 is 0 Å². The smallest absolute Gasteiger partial charge is 0.120 e. The molecule has 92 valence electrons. The number of hydrogen-bond donors (Lipinski definition) is 0. The predicted octanol–water partition coefficient (Wildman–Crippen LogP) is 4.25. The van der Waals surface area contributed by atoms with E-state index in [1.807, 2.05) is 42.5 Å². The Kier molecular flexibility index (Phi) is 4.60. The molecule has 0 radical (unpaired) electrons. The highest BCUT2D eigenvalue weighted by atomic mass is 16.5. The van der Waals surface area contributed by atoms with Crippen molar-refractivity contribution in [3.05, 3.63) is 78.9 Å².